The number of hydrogen-bond donors (Lipinski definition) is 2. The highest BCUT2D eigenvalue weighted by Crippen LogP contribution is 2.25. The average Bonchev–Trinajstić information content (AvgIpc) is 2.45. The first-order valence-corrected chi connectivity index (χ1v) is 7.33. The summed E-state index contributed by atoms with van der Waals surface area (Å²) in [6, 6.07) is 0.178. The molecule has 6 heteroatoms. The topological polar surface area (TPSA) is 76.7 Å². The Morgan fingerprint density at radius 3 is 2.50 bits per heavy atom. The number of hydrogen-bond acceptors (Lipinski definition) is 5. The van der Waals surface area contributed by atoms with Gasteiger partial charge < -0.3 is 20.1 Å². The van der Waals surface area contributed by atoms with Crippen LogP contribution in [-0.4, -0.2) is 51.3 Å². The van der Waals surface area contributed by atoms with Gasteiger partial charge in [-0.2, -0.15) is 0 Å². The van der Waals surface area contributed by atoms with Crippen molar-refractivity contribution >= 4 is 11.9 Å². The van der Waals surface area contributed by atoms with Gasteiger partial charge in [0.2, 0.25) is 5.91 Å². The molecule has 1 aliphatic rings. The van der Waals surface area contributed by atoms with Crippen molar-refractivity contribution in [2.45, 2.75) is 38.6 Å². The Kier molecular flexibility index (Phi) is 8.22. The second-order valence-corrected chi connectivity index (χ2v) is 5.04. The lowest BCUT2D eigenvalue weighted by Crippen LogP contribution is -2.43. The highest BCUT2D eigenvalue weighted by Gasteiger charge is 2.27. The third-order valence-electron chi connectivity index (χ3n) is 3.48. The predicted molar refractivity (Wildman–Crippen MR) is 75.3 cm³/mol. The summed E-state index contributed by atoms with van der Waals surface area (Å²) in [6.45, 7) is 3.82. The van der Waals surface area contributed by atoms with Crippen LogP contribution in [0.4, 0.5) is 0 Å². The van der Waals surface area contributed by atoms with E-state index in [1.807, 2.05) is 6.92 Å². The normalized spacial score (nSPS) is 22.3. The predicted octanol–water partition coefficient (Wildman–Crippen LogP) is 0.461. The second kappa shape index (κ2) is 9.72. The fraction of sp³-hybridized carbons (Fsp3) is 0.857. The molecule has 1 fully saturated rings. The summed E-state index contributed by atoms with van der Waals surface area (Å²) in [5.74, 6) is -0.0953. The van der Waals surface area contributed by atoms with Crippen molar-refractivity contribution in [2.75, 3.05) is 33.4 Å². The smallest absolute Gasteiger partial charge is 0.308 e. The van der Waals surface area contributed by atoms with Gasteiger partial charge in [-0.15, -0.1) is 0 Å². The molecule has 1 aliphatic carbocycles. The highest BCUT2D eigenvalue weighted by molar-refractivity contribution is 5.78. The lowest BCUT2D eigenvalue weighted by atomic mass is 9.86. The van der Waals surface area contributed by atoms with Crippen molar-refractivity contribution in [3.63, 3.8) is 0 Å². The van der Waals surface area contributed by atoms with Crippen LogP contribution >= 0.6 is 0 Å². The minimum absolute atomic E-state index is 0.000637. The maximum absolute atomic E-state index is 11.7. The molecule has 2 N–H and O–H groups in total. The molecule has 0 aromatic rings. The monoisotopic (exact) mass is 286 g/mol. The van der Waals surface area contributed by atoms with Gasteiger partial charge in [0, 0.05) is 19.7 Å². The van der Waals surface area contributed by atoms with Crippen molar-refractivity contribution in [1.29, 1.82) is 0 Å². The van der Waals surface area contributed by atoms with Crippen LogP contribution in [-0.2, 0) is 19.1 Å². The van der Waals surface area contributed by atoms with Gasteiger partial charge in [-0.05, 0) is 32.6 Å². The average molecular weight is 286 g/mol. The molecule has 1 rings (SSSR count). The first-order valence-electron chi connectivity index (χ1n) is 7.33. The fourth-order valence-corrected chi connectivity index (χ4v) is 2.39. The summed E-state index contributed by atoms with van der Waals surface area (Å²) in [7, 11) is 1.63. The van der Waals surface area contributed by atoms with E-state index in [0.717, 1.165) is 25.7 Å². The Bertz CT molecular complexity index is 302. The van der Waals surface area contributed by atoms with Gasteiger partial charge in [-0.1, -0.05) is 0 Å². The summed E-state index contributed by atoms with van der Waals surface area (Å²) in [4.78, 5) is 23.3. The fourth-order valence-electron chi connectivity index (χ4n) is 2.39. The number of rotatable bonds is 8. The van der Waals surface area contributed by atoms with Crippen molar-refractivity contribution in [1.82, 2.24) is 10.6 Å². The molecule has 6 nitrogen and oxygen atoms in total. The Labute approximate surface area is 120 Å². The molecule has 0 heterocycles. The molecule has 1 amide bonds. The molecule has 20 heavy (non-hydrogen) atoms. The number of carbonyl (C=O) groups is 2. The molecule has 0 aromatic heterocycles. The zero-order valence-corrected chi connectivity index (χ0v) is 12.4. The van der Waals surface area contributed by atoms with Crippen LogP contribution in [0.25, 0.3) is 0 Å². The number of ether oxygens (including phenoxy) is 2. The van der Waals surface area contributed by atoms with Crippen molar-refractivity contribution in [3.8, 4) is 0 Å². The Morgan fingerprint density at radius 2 is 1.90 bits per heavy atom. The maximum atomic E-state index is 11.7. The lowest BCUT2D eigenvalue weighted by molar-refractivity contribution is -0.149. The van der Waals surface area contributed by atoms with Gasteiger partial charge in [0.15, 0.2) is 0 Å². The Hall–Kier alpha value is -1.14. The summed E-state index contributed by atoms with van der Waals surface area (Å²) >= 11 is 0. The third kappa shape index (κ3) is 6.34. The van der Waals surface area contributed by atoms with E-state index in [1.54, 1.807) is 7.11 Å². The molecule has 0 aliphatic heterocycles. The zero-order chi connectivity index (χ0) is 14.8. The SMILES string of the molecule is CCOC(=O)C1CCC(NC(=O)CNCCOC)CC1. The molecule has 0 atom stereocenters. The van der Waals surface area contributed by atoms with Crippen LogP contribution in [0.1, 0.15) is 32.6 Å². The van der Waals surface area contributed by atoms with Crippen LogP contribution in [0, 0.1) is 5.92 Å². The van der Waals surface area contributed by atoms with Gasteiger partial charge in [-0.25, -0.2) is 0 Å². The highest BCUT2D eigenvalue weighted by atomic mass is 16.5. The molecular weight excluding hydrogens is 260 g/mol. The van der Waals surface area contributed by atoms with Gasteiger partial charge in [-0.3, -0.25) is 9.59 Å². The summed E-state index contributed by atoms with van der Waals surface area (Å²) in [6.07, 6.45) is 3.27. The molecule has 0 aromatic carbocycles. The molecule has 0 saturated heterocycles. The summed E-state index contributed by atoms with van der Waals surface area (Å²) in [5, 5.41) is 6.00. The van der Waals surface area contributed by atoms with Crippen molar-refractivity contribution in [3.05, 3.63) is 0 Å². The molecule has 0 unspecified atom stereocenters. The lowest BCUT2D eigenvalue weighted by Gasteiger charge is -2.27. The van der Waals surface area contributed by atoms with Crippen LogP contribution in [0.5, 0.6) is 0 Å². The number of nitrogens with one attached hydrogen (secondary N) is 2. The Balaban J connectivity index is 2.15. The van der Waals surface area contributed by atoms with Gasteiger partial charge in [0.05, 0.1) is 25.7 Å². The molecule has 0 bridgehead atoms. The number of amides is 1. The summed E-state index contributed by atoms with van der Waals surface area (Å²) in [5.41, 5.74) is 0. The van der Waals surface area contributed by atoms with Crippen molar-refractivity contribution < 1.29 is 19.1 Å². The van der Waals surface area contributed by atoms with E-state index in [-0.39, 0.29) is 23.8 Å². The quantitative estimate of drug-likeness (QED) is 0.501. The van der Waals surface area contributed by atoms with Gasteiger partial charge in [0.25, 0.3) is 0 Å². The van der Waals surface area contributed by atoms with E-state index >= 15 is 0 Å². The van der Waals surface area contributed by atoms with E-state index in [4.69, 9.17) is 9.47 Å². The zero-order valence-electron chi connectivity index (χ0n) is 12.4. The molecule has 116 valence electrons. The van der Waals surface area contributed by atoms with E-state index < -0.39 is 0 Å². The van der Waals surface area contributed by atoms with E-state index in [2.05, 4.69) is 10.6 Å². The van der Waals surface area contributed by atoms with Gasteiger partial charge in [0.1, 0.15) is 0 Å². The van der Waals surface area contributed by atoms with Crippen LogP contribution in [0.15, 0.2) is 0 Å². The van der Waals surface area contributed by atoms with E-state index in [0.29, 0.717) is 26.3 Å². The van der Waals surface area contributed by atoms with Crippen LogP contribution < -0.4 is 10.6 Å². The number of esters is 1. The van der Waals surface area contributed by atoms with E-state index in [9.17, 15) is 9.59 Å². The molecular formula is C14H26N2O4. The van der Waals surface area contributed by atoms with Crippen LogP contribution in [0.3, 0.4) is 0 Å². The second-order valence-electron chi connectivity index (χ2n) is 5.04. The Morgan fingerprint density at radius 1 is 1.20 bits per heavy atom. The minimum Gasteiger partial charge on any atom is -0.466 e. The van der Waals surface area contributed by atoms with Crippen molar-refractivity contribution in [2.24, 2.45) is 5.92 Å². The summed E-state index contributed by atoms with van der Waals surface area (Å²) < 4.78 is 9.92. The maximum Gasteiger partial charge on any atom is 0.308 e. The standard InChI is InChI=1S/C14H26N2O4/c1-3-20-14(18)11-4-6-12(7-5-11)16-13(17)10-15-8-9-19-2/h11-12,15H,3-10H2,1-2H3,(H,16,17). The molecule has 0 spiro atoms. The largest absolute Gasteiger partial charge is 0.466 e. The molecule has 0 radical (unpaired) electrons. The first-order chi connectivity index (χ1) is 9.67. The van der Waals surface area contributed by atoms with Gasteiger partial charge >= 0.3 is 5.97 Å². The number of methoxy groups -OCH3 is 1. The first kappa shape index (κ1) is 16.9. The van der Waals surface area contributed by atoms with Crippen LogP contribution in [0.2, 0.25) is 0 Å². The third-order valence-corrected chi connectivity index (χ3v) is 3.48. The molecule has 1 saturated carbocycles. The van der Waals surface area contributed by atoms with E-state index in [1.165, 1.54) is 0 Å². The minimum atomic E-state index is -0.0986. The number of carbonyl (C=O) groups excluding carboxylic acids is 2.